The Hall–Kier alpha value is -8.24. The predicted molar refractivity (Wildman–Crippen MR) is 487 cm³/mol. The number of halogens is 8. The third kappa shape index (κ3) is 31.2. The summed E-state index contributed by atoms with van der Waals surface area (Å²) in [5, 5.41) is 69.1. The molecule has 0 aliphatic carbocycles. The number of aromatic nitrogens is 10. The van der Waals surface area contributed by atoms with Crippen molar-refractivity contribution in [2.45, 2.75) is 312 Å². The molecule has 0 aromatic carbocycles. The van der Waals surface area contributed by atoms with E-state index in [9.17, 15) is 124 Å². The van der Waals surface area contributed by atoms with Gasteiger partial charge in [0, 0.05) is 80.2 Å². The molecule has 15 N–H and O–H groups in total. The Bertz CT molecular complexity index is 5810. The molecule has 11 fully saturated rings. The highest BCUT2D eigenvalue weighted by Gasteiger charge is 2.61. The second-order valence-electron chi connectivity index (χ2n) is 38.5. The number of nitrogens with zero attached hydrogens (tertiary/aromatic N) is 7. The van der Waals surface area contributed by atoms with Gasteiger partial charge in [-0.25, -0.2) is 24.0 Å². The molecular weight excluding hydrogens is 2170 g/mol. The van der Waals surface area contributed by atoms with Crippen LogP contribution in [0.3, 0.4) is 0 Å². The van der Waals surface area contributed by atoms with Gasteiger partial charge in [-0.05, 0) is 128 Å². The summed E-state index contributed by atoms with van der Waals surface area (Å²) < 4.78 is 159. The van der Waals surface area contributed by atoms with Crippen molar-refractivity contribution in [2.75, 3.05) is 84.3 Å². The molecule has 5 aromatic rings. The van der Waals surface area contributed by atoms with Crippen LogP contribution >= 0.6 is 22.6 Å². The lowest BCUT2D eigenvalue weighted by atomic mass is 10.1. The van der Waals surface area contributed by atoms with Crippen LogP contribution in [0.1, 0.15) is 170 Å². The van der Waals surface area contributed by atoms with Gasteiger partial charge in [-0.3, -0.25) is 95.8 Å². The van der Waals surface area contributed by atoms with Crippen molar-refractivity contribution in [1.82, 2.24) is 58.0 Å². The van der Waals surface area contributed by atoms with Gasteiger partial charge in [-0.2, -0.15) is 26.3 Å². The third-order valence-electron chi connectivity index (χ3n) is 23.0. The van der Waals surface area contributed by atoms with Crippen molar-refractivity contribution in [3.05, 3.63) is 164 Å². The van der Waals surface area contributed by atoms with E-state index in [4.69, 9.17) is 81.9 Å². The van der Waals surface area contributed by atoms with Gasteiger partial charge in [-0.1, -0.05) is 22.6 Å². The molecule has 11 aliphatic heterocycles. The van der Waals surface area contributed by atoms with Crippen LogP contribution in [0.2, 0.25) is 0 Å². The lowest BCUT2D eigenvalue weighted by Gasteiger charge is -2.29. The average Bonchev–Trinajstić information content (AvgIpc) is 1.61. The van der Waals surface area contributed by atoms with Crippen molar-refractivity contribution in [3.63, 3.8) is 0 Å². The highest BCUT2D eigenvalue weighted by molar-refractivity contribution is 14.1. The Morgan fingerprint density at radius 3 is 1.06 bits per heavy atom. The molecule has 11 saturated heterocycles. The number of quaternary nitrogens is 1. The lowest BCUT2D eigenvalue weighted by Crippen LogP contribution is -3.00. The Morgan fingerprint density at radius 2 is 0.743 bits per heavy atom. The van der Waals surface area contributed by atoms with Crippen LogP contribution in [-0.4, -0.2) is 339 Å². The highest BCUT2D eigenvalue weighted by atomic mass is 127. The zero-order chi connectivity index (χ0) is 107. The number of esters is 2. The van der Waals surface area contributed by atoms with E-state index in [1.54, 1.807) is 109 Å². The zero-order valence-electron chi connectivity index (χ0n) is 81.5. The van der Waals surface area contributed by atoms with Crippen LogP contribution in [0.5, 0.6) is 0 Å². The largest absolute Gasteiger partial charge is 1.00 e. The second kappa shape index (κ2) is 49.5. The molecule has 20 atom stereocenters. The predicted octanol–water partition coefficient (Wildman–Crippen LogP) is -5.71. The first-order valence-corrected chi connectivity index (χ1v) is 47.4. The Morgan fingerprint density at radius 1 is 0.444 bits per heavy atom. The quantitative estimate of drug-likeness (QED) is 0.00862. The molecule has 11 aliphatic rings. The normalized spacial score (nSPS) is 28.8. The summed E-state index contributed by atoms with van der Waals surface area (Å²) in [4.78, 5) is 176. The fourth-order valence-electron chi connectivity index (χ4n) is 17.2. The molecule has 58 heteroatoms. The molecule has 16 heterocycles. The Labute approximate surface area is 846 Å². The number of carbonyl (C=O) groups excluding carboxylic acids is 4. The lowest BCUT2D eigenvalue weighted by molar-refractivity contribution is -0.911. The van der Waals surface area contributed by atoms with Gasteiger partial charge < -0.3 is 146 Å². The van der Waals surface area contributed by atoms with Gasteiger partial charge in [0.1, 0.15) is 109 Å². The van der Waals surface area contributed by atoms with E-state index in [1.807, 2.05) is 9.91 Å². The Kier molecular flexibility index (Phi) is 41.6. The number of H-pyrrole nitrogens is 5. The smallest absolute Gasteiger partial charge is 0.458 e. The van der Waals surface area contributed by atoms with Crippen molar-refractivity contribution < 1.29 is 181 Å². The minimum atomic E-state index is -5.77. The summed E-state index contributed by atoms with van der Waals surface area (Å²) in [7, 11) is 2.13. The number of fused-ring (bicyclic) bond motifs is 4. The van der Waals surface area contributed by atoms with E-state index < -0.39 is 239 Å². The van der Waals surface area contributed by atoms with Gasteiger partial charge in [0.2, 0.25) is 0 Å². The van der Waals surface area contributed by atoms with Gasteiger partial charge in [0.15, 0.2) is 54.3 Å². The molecule has 0 spiro atoms. The van der Waals surface area contributed by atoms with Gasteiger partial charge in [0.25, 0.3) is 27.8 Å². The molecule has 812 valence electrons. The van der Waals surface area contributed by atoms with Crippen LogP contribution in [-0.2, 0) is 110 Å². The van der Waals surface area contributed by atoms with E-state index in [0.717, 1.165) is 73.2 Å². The van der Waals surface area contributed by atoms with Crippen LogP contribution < -0.4 is 91.3 Å². The average molecular weight is 2300 g/mol. The number of alkyl halides is 7. The number of aromatic amines is 5. The molecule has 0 amide bonds. The number of Topliss-reactive ketones (excluding diaryl/α,β-unsaturated/α-hetero) is 2. The number of nitrogens with one attached hydrogen (secondary N) is 6. The summed E-state index contributed by atoms with van der Waals surface area (Å²) in [5.41, 5.74) is -0.236. The summed E-state index contributed by atoms with van der Waals surface area (Å²) in [5.74, 6) is -11.0. The van der Waals surface area contributed by atoms with Gasteiger partial charge in [-0.15, -0.1) is 0 Å². The van der Waals surface area contributed by atoms with E-state index in [1.165, 1.54) is 36.7 Å². The summed E-state index contributed by atoms with van der Waals surface area (Å²) in [6, 6.07) is 2.32. The number of aliphatic hydroxyl groups excluding tert-OH is 7. The van der Waals surface area contributed by atoms with Gasteiger partial charge in [0.05, 0.1) is 71.8 Å². The first-order chi connectivity index (χ1) is 66.5. The second-order valence-corrected chi connectivity index (χ2v) is 38.5. The standard InChI is InChI=1S/C19H29N3O8.C18H27N3O6.C17H25N3O6.C12H16N2O6.C9H12N2O6.C6H13NO2.C4F6O2.CH3I.HI/c1-18(2,3)28-12(24)7-20-6-10-8-22(17(26)21-15(10)25)16-14-13(11(9-23)27-16)29-19(4,5)30-14;1-18(2)26-13-12(10-22)25-16(14(13)27-18)20-8-11(15(23)19-17(20)24)9-21(3)6-4-5-7-21;1-17(2)25-12-11(9-21)24-15(13(12)26-17)20-8-10(14(22)18-16(20)23)7-19-5-3-4-6-19;1-12(2)19-8-6(5-15)18-10(9(8)20-12)14-4-3-7(16)13-11(14)17;12-3-4-6(14)7(15)8(17-4)11-2-1-5(13)10-9(11)16;1-6(2,3)9-5(8)4-7;5-3(6,7)1(11)2(12)4(8,9)10;1-2;/h8,11,13-14,16,20,23H,6-7,9H2,1-5H3,(H,21,25,26);8,12-14,16,22H,4-7,9-10H2,1-3H3;8,11-13,15,21H,3-7,9H2,1-2H3,(H,18,22,23);3-4,6,8-10,15H,5H2,1-2H3,(H,13,16,17);1-2,4,6-8,12,14-15H,3H2,(H,10,13,16);4,7H2,1-3H3;;1H3;1H/t11-,13?,14+,16-;12-,13?,14+,16-;11-,12?,13+,15-;6-,8?,9+,10-;4-,6?,7+,8-;;;;/m11111..../s1. The number of ether oxygens (including phenoxy) is 15. The molecular formula is C86H126F6I2N14O36. The highest BCUT2D eigenvalue weighted by Crippen LogP contribution is 2.47. The van der Waals surface area contributed by atoms with Crippen molar-refractivity contribution in [3.8, 4) is 0 Å². The van der Waals surface area contributed by atoms with Crippen molar-refractivity contribution in [1.29, 1.82) is 0 Å². The SMILES string of the molecule is CC(C)(C)OC(=O)CN.CC(C)(C)OC(=O)CNCc1cn([C@@H]2O[C@H](CO)C3OC(C)(C)O[C@@H]32)c(=O)[nH]c1=O.CC1(C)OC2[C@@H](CO)O[C@@H](n3cc(CN4CCCC4)c(=O)[nH]c3=O)[C@H]2O1.CC1(C)OC2[C@@H](CO)O[C@@H](n3cc(C[N+]4(C)CCCC4)c(=O)[nH]c3=O)[C@H]2O1.CC1(C)OC2[C@@H](CO)O[C@@H](n3ccc(=O)[nH]c3=O)[C@H]2O1.CI.O=C(C(=O)C(F)(F)F)C(F)(F)F.O=c1ccn([C@@H]2O[C@H](CO)C(O)[C@@H]2O)c(=O)[nH]1.[I-]. The Balaban J connectivity index is 0.000000210. The molecule has 16 rings (SSSR count). The van der Waals surface area contributed by atoms with Gasteiger partial charge >= 0.3 is 64.3 Å². The van der Waals surface area contributed by atoms with Crippen LogP contribution in [0.4, 0.5) is 26.3 Å². The minimum absolute atomic E-state index is 0. The number of aliphatic hydroxyl groups is 7. The number of nitrogens with two attached hydrogens (primary N) is 1. The maximum Gasteiger partial charge on any atom is 0.458 e. The third-order valence-corrected chi connectivity index (χ3v) is 23.0. The zero-order valence-corrected chi connectivity index (χ0v) is 85.8. The molecule has 0 bridgehead atoms. The van der Waals surface area contributed by atoms with Crippen molar-refractivity contribution >= 4 is 46.1 Å². The molecule has 0 saturated carbocycles. The van der Waals surface area contributed by atoms with Crippen molar-refractivity contribution in [2.24, 2.45) is 5.73 Å². The maximum atomic E-state index is 12.5. The minimum Gasteiger partial charge on any atom is -1.00 e. The summed E-state index contributed by atoms with van der Waals surface area (Å²) in [6.07, 6.45) is -14.5. The molecule has 5 aromatic heterocycles. The fraction of sp³-hybridized carbons (Fsp3) is 0.721. The molecule has 0 radical (unpaired) electrons. The number of carbonyl (C=O) groups is 4. The maximum absolute atomic E-state index is 12.5. The first-order valence-electron chi connectivity index (χ1n) is 45.2. The van der Waals surface area contributed by atoms with E-state index in [0.29, 0.717) is 24.2 Å². The topological polar surface area (TPSA) is 664 Å². The van der Waals surface area contributed by atoms with E-state index in [-0.39, 0.29) is 92.7 Å². The monoisotopic (exact) mass is 2300 g/mol. The van der Waals surface area contributed by atoms with E-state index >= 15 is 0 Å². The van der Waals surface area contributed by atoms with Crippen LogP contribution in [0, 0.1) is 0 Å². The first kappa shape index (κ1) is 121. The number of hydrogen-bond acceptors (Lipinski definition) is 39. The molecule has 144 heavy (non-hydrogen) atoms. The number of hydrogen-bond donors (Lipinski definition) is 14. The molecule has 5 unspecified atom stereocenters. The van der Waals surface area contributed by atoms with Crippen LogP contribution in [0.15, 0.2) is 91.1 Å². The van der Waals surface area contributed by atoms with Crippen LogP contribution in [0.25, 0.3) is 0 Å². The summed E-state index contributed by atoms with van der Waals surface area (Å²) in [6.45, 7) is 28.2. The number of rotatable bonds is 20. The molecule has 50 nitrogen and oxygen atoms in total. The number of likely N-dealkylation sites (tertiary alicyclic amines) is 2. The summed E-state index contributed by atoms with van der Waals surface area (Å²) >= 11 is 2.15. The fourth-order valence-corrected chi connectivity index (χ4v) is 17.2. The number of ketones is 2. The van der Waals surface area contributed by atoms with E-state index in [2.05, 4.69) is 59.8 Å².